The van der Waals surface area contributed by atoms with Crippen LogP contribution in [0.2, 0.25) is 0 Å². The molecule has 3 heteroatoms. The molecule has 0 aliphatic heterocycles. The van der Waals surface area contributed by atoms with Crippen molar-refractivity contribution >= 4 is 0 Å². The average Bonchev–Trinajstić information content (AvgIpc) is 1.87. The molecule has 0 spiro atoms. The maximum atomic E-state index is 8.80. The van der Waals surface area contributed by atoms with E-state index in [-0.39, 0.29) is 13.2 Å². The van der Waals surface area contributed by atoms with E-state index in [0.29, 0.717) is 12.5 Å². The van der Waals surface area contributed by atoms with Crippen molar-refractivity contribution in [3.05, 3.63) is 0 Å². The number of rotatable bonds is 5. The first kappa shape index (κ1) is 9.88. The minimum Gasteiger partial charge on any atom is -0.394 e. The normalized spacial score (nSPS) is 14.1. The predicted octanol–water partition coefficient (Wildman–Crippen LogP) is 0.0122. The van der Waals surface area contributed by atoms with Gasteiger partial charge in [-0.25, -0.2) is 0 Å². The van der Waals surface area contributed by atoms with Crippen LogP contribution in [0.3, 0.4) is 0 Å². The van der Waals surface area contributed by atoms with Crippen LogP contribution in [0.5, 0.6) is 0 Å². The van der Waals surface area contributed by atoms with Gasteiger partial charge in [0.1, 0.15) is 6.10 Å². The van der Waals surface area contributed by atoms with Crippen molar-refractivity contribution < 1.29 is 14.9 Å². The van der Waals surface area contributed by atoms with Crippen LogP contribution in [0, 0.1) is 5.92 Å². The average molecular weight is 148 g/mol. The van der Waals surface area contributed by atoms with Gasteiger partial charge in [-0.3, -0.25) is 0 Å². The quantitative estimate of drug-likeness (QED) is 0.577. The van der Waals surface area contributed by atoms with Crippen molar-refractivity contribution in [2.24, 2.45) is 5.92 Å². The summed E-state index contributed by atoms with van der Waals surface area (Å²) in [5.41, 5.74) is 0. The molecule has 0 aliphatic carbocycles. The third kappa shape index (κ3) is 6.01. The predicted molar refractivity (Wildman–Crippen MR) is 38.7 cm³/mol. The highest BCUT2D eigenvalue weighted by Gasteiger charge is 2.01. The van der Waals surface area contributed by atoms with E-state index >= 15 is 0 Å². The molecule has 0 saturated heterocycles. The summed E-state index contributed by atoms with van der Waals surface area (Å²) in [6, 6.07) is 0. The molecule has 0 radical (unpaired) electrons. The fourth-order valence-electron chi connectivity index (χ4n) is 0.492. The minimum atomic E-state index is -0.723. The standard InChI is InChI=1S/C7H16O3/c1-6(2)4-10-5-7(9)3-8/h6-9H,3-5H2,1-2H3/t7-/m0/s1. The lowest BCUT2D eigenvalue weighted by Crippen LogP contribution is -2.20. The molecule has 0 heterocycles. The summed E-state index contributed by atoms with van der Waals surface area (Å²) >= 11 is 0. The Labute approximate surface area is 61.6 Å². The molecule has 0 aliphatic rings. The summed E-state index contributed by atoms with van der Waals surface area (Å²) in [6.45, 7) is 4.71. The van der Waals surface area contributed by atoms with Gasteiger partial charge >= 0.3 is 0 Å². The molecule has 0 amide bonds. The van der Waals surface area contributed by atoms with Crippen LogP contribution >= 0.6 is 0 Å². The highest BCUT2D eigenvalue weighted by molar-refractivity contribution is 4.49. The number of hydrogen-bond acceptors (Lipinski definition) is 3. The van der Waals surface area contributed by atoms with Gasteiger partial charge in [0.2, 0.25) is 0 Å². The first-order valence-electron chi connectivity index (χ1n) is 3.53. The molecule has 10 heavy (non-hydrogen) atoms. The maximum Gasteiger partial charge on any atom is 0.100 e. The fraction of sp³-hybridized carbons (Fsp3) is 1.00. The molecule has 0 aromatic carbocycles. The van der Waals surface area contributed by atoms with Crippen molar-refractivity contribution in [1.82, 2.24) is 0 Å². The second-order valence-electron chi connectivity index (χ2n) is 2.77. The molecular formula is C7H16O3. The molecule has 0 rings (SSSR count). The van der Waals surface area contributed by atoms with Gasteiger partial charge in [-0.15, -0.1) is 0 Å². The SMILES string of the molecule is CC(C)COC[C@@H](O)CO. The Bertz CT molecular complexity index is 73.3. The Hall–Kier alpha value is -0.120. The van der Waals surface area contributed by atoms with E-state index in [1.165, 1.54) is 0 Å². The first-order chi connectivity index (χ1) is 4.66. The van der Waals surface area contributed by atoms with Gasteiger partial charge in [0.15, 0.2) is 0 Å². The van der Waals surface area contributed by atoms with Gasteiger partial charge in [-0.1, -0.05) is 13.8 Å². The van der Waals surface area contributed by atoms with Crippen molar-refractivity contribution in [3.63, 3.8) is 0 Å². The Kier molecular flexibility index (Phi) is 5.58. The van der Waals surface area contributed by atoms with Crippen LogP contribution in [-0.4, -0.2) is 36.1 Å². The molecule has 0 saturated carbocycles. The summed E-state index contributed by atoms with van der Waals surface area (Å²) in [5.74, 6) is 0.478. The van der Waals surface area contributed by atoms with Crippen LogP contribution in [0.25, 0.3) is 0 Å². The molecule has 0 bridgehead atoms. The van der Waals surface area contributed by atoms with Gasteiger partial charge < -0.3 is 14.9 Å². The fourth-order valence-corrected chi connectivity index (χ4v) is 0.492. The third-order valence-electron chi connectivity index (χ3n) is 0.972. The Balaban J connectivity index is 3.03. The lowest BCUT2D eigenvalue weighted by atomic mass is 10.2. The molecule has 0 unspecified atom stereocenters. The lowest BCUT2D eigenvalue weighted by Gasteiger charge is -2.09. The summed E-state index contributed by atoms with van der Waals surface area (Å²) in [6.07, 6.45) is -0.723. The monoisotopic (exact) mass is 148 g/mol. The van der Waals surface area contributed by atoms with E-state index in [1.54, 1.807) is 0 Å². The van der Waals surface area contributed by atoms with Crippen LogP contribution in [-0.2, 0) is 4.74 Å². The maximum absolute atomic E-state index is 8.80. The Morgan fingerprint density at radius 2 is 1.90 bits per heavy atom. The highest BCUT2D eigenvalue weighted by Crippen LogP contribution is 1.93. The van der Waals surface area contributed by atoms with Crippen molar-refractivity contribution in [2.45, 2.75) is 20.0 Å². The second kappa shape index (κ2) is 5.65. The smallest absolute Gasteiger partial charge is 0.100 e. The first-order valence-corrected chi connectivity index (χ1v) is 3.53. The van der Waals surface area contributed by atoms with Crippen LogP contribution in [0.4, 0.5) is 0 Å². The topological polar surface area (TPSA) is 49.7 Å². The van der Waals surface area contributed by atoms with E-state index in [0.717, 1.165) is 0 Å². The number of aliphatic hydroxyl groups excluding tert-OH is 2. The van der Waals surface area contributed by atoms with Crippen LogP contribution in [0.15, 0.2) is 0 Å². The van der Waals surface area contributed by atoms with Crippen molar-refractivity contribution in [2.75, 3.05) is 19.8 Å². The molecule has 62 valence electrons. The molecule has 3 nitrogen and oxygen atoms in total. The van der Waals surface area contributed by atoms with Crippen LogP contribution < -0.4 is 0 Å². The van der Waals surface area contributed by atoms with Crippen LogP contribution in [0.1, 0.15) is 13.8 Å². The van der Waals surface area contributed by atoms with Gasteiger partial charge in [0.05, 0.1) is 13.2 Å². The third-order valence-corrected chi connectivity index (χ3v) is 0.972. The van der Waals surface area contributed by atoms with E-state index in [2.05, 4.69) is 0 Å². The largest absolute Gasteiger partial charge is 0.394 e. The minimum absolute atomic E-state index is 0.224. The Morgan fingerprint density at radius 3 is 2.30 bits per heavy atom. The van der Waals surface area contributed by atoms with Crippen molar-refractivity contribution in [1.29, 1.82) is 0 Å². The number of ether oxygens (including phenoxy) is 1. The van der Waals surface area contributed by atoms with E-state index in [9.17, 15) is 0 Å². The zero-order chi connectivity index (χ0) is 7.98. The second-order valence-corrected chi connectivity index (χ2v) is 2.77. The van der Waals surface area contributed by atoms with Gasteiger partial charge in [0, 0.05) is 6.61 Å². The molecule has 0 aromatic heterocycles. The molecule has 2 N–H and O–H groups in total. The summed E-state index contributed by atoms with van der Waals surface area (Å²) < 4.78 is 5.04. The number of hydrogen-bond donors (Lipinski definition) is 2. The van der Waals surface area contributed by atoms with E-state index in [1.807, 2.05) is 13.8 Å². The van der Waals surface area contributed by atoms with Gasteiger partial charge in [-0.05, 0) is 5.92 Å². The summed E-state index contributed by atoms with van der Waals surface area (Å²) in [4.78, 5) is 0. The zero-order valence-electron chi connectivity index (χ0n) is 6.58. The molecular weight excluding hydrogens is 132 g/mol. The number of aliphatic hydroxyl groups is 2. The van der Waals surface area contributed by atoms with E-state index in [4.69, 9.17) is 14.9 Å². The molecule has 1 atom stereocenters. The van der Waals surface area contributed by atoms with Gasteiger partial charge in [-0.2, -0.15) is 0 Å². The highest BCUT2D eigenvalue weighted by atomic mass is 16.5. The van der Waals surface area contributed by atoms with E-state index < -0.39 is 6.10 Å². The summed E-state index contributed by atoms with van der Waals surface area (Å²) in [5, 5.41) is 17.2. The lowest BCUT2D eigenvalue weighted by molar-refractivity contribution is -0.00132. The van der Waals surface area contributed by atoms with Gasteiger partial charge in [0.25, 0.3) is 0 Å². The molecule has 0 aromatic rings. The summed E-state index contributed by atoms with van der Waals surface area (Å²) in [7, 11) is 0. The van der Waals surface area contributed by atoms with Crippen molar-refractivity contribution in [3.8, 4) is 0 Å². The molecule has 0 fully saturated rings. The zero-order valence-corrected chi connectivity index (χ0v) is 6.58. The Morgan fingerprint density at radius 1 is 1.30 bits per heavy atom.